The number of anilines is 3. The van der Waals surface area contributed by atoms with Crippen LogP contribution in [-0.2, 0) is 20.1 Å². The van der Waals surface area contributed by atoms with Gasteiger partial charge in [0.2, 0.25) is 0 Å². The molecule has 8 heteroatoms. The maximum atomic E-state index is 6.77. The maximum absolute atomic E-state index is 6.77. The van der Waals surface area contributed by atoms with Gasteiger partial charge in [-0.2, -0.15) is 0 Å². The van der Waals surface area contributed by atoms with Gasteiger partial charge in [-0.25, -0.2) is 0 Å². The third kappa shape index (κ3) is 11.7. The van der Waals surface area contributed by atoms with Gasteiger partial charge in [0.05, 0.1) is 37.6 Å². The van der Waals surface area contributed by atoms with Crippen molar-refractivity contribution in [2.75, 3.05) is 31.3 Å². The normalized spacial score (nSPS) is 16.1. The largest absolute Gasteiger partial charge is 0.494 e. The molecule has 1 fully saturated rings. The summed E-state index contributed by atoms with van der Waals surface area (Å²) in [6.07, 6.45) is 18.6. The quantitative estimate of drug-likeness (QED) is 0.0365. The Kier molecular flexibility index (Phi) is 17.9. The summed E-state index contributed by atoms with van der Waals surface area (Å²) in [5.74, 6) is 3.64. The molecular formula is C66H90BNO6. The van der Waals surface area contributed by atoms with E-state index in [-0.39, 0.29) is 10.8 Å². The van der Waals surface area contributed by atoms with Crippen molar-refractivity contribution in [3.8, 4) is 45.3 Å². The monoisotopic (exact) mass is 1000 g/mol. The molecule has 0 saturated carbocycles. The highest BCUT2D eigenvalue weighted by Gasteiger charge is 2.52. The Morgan fingerprint density at radius 2 is 0.757 bits per heavy atom. The van der Waals surface area contributed by atoms with Crippen LogP contribution in [0.1, 0.15) is 208 Å². The Morgan fingerprint density at radius 3 is 1.14 bits per heavy atom. The Hall–Kier alpha value is -4.92. The fraction of sp³-hybridized carbons (Fsp3) is 0.545. The predicted molar refractivity (Wildman–Crippen MR) is 311 cm³/mol. The molecule has 5 aromatic rings. The molecular weight excluding hydrogens is 914 g/mol. The van der Waals surface area contributed by atoms with Gasteiger partial charge in [0.25, 0.3) is 0 Å². The summed E-state index contributed by atoms with van der Waals surface area (Å²) >= 11 is 0. The van der Waals surface area contributed by atoms with Gasteiger partial charge in [0, 0.05) is 51.2 Å². The number of unbranched alkanes of at least 4 members (excludes halogenated alkanes) is 12. The zero-order valence-corrected chi connectivity index (χ0v) is 47.7. The average Bonchev–Trinajstić information content (AvgIpc) is 3.85. The minimum absolute atomic E-state index is 0.320. The molecule has 0 atom stereocenters. The Balaban J connectivity index is 1.21. The van der Waals surface area contributed by atoms with Crippen molar-refractivity contribution in [1.29, 1.82) is 0 Å². The standard InChI is InChI=1S/C66H90BNO6/c1-13-17-21-25-37-69-51-43-57-61(59(45-51)71-39-27-23-19-15-3)53-35-33-49(41-55(53)63(57,5)6)68(48-31-29-47(30-32-48)67-73-65(9,10)66(11,12)74-67)50-34-36-54-56(42-50)64(7,8)58-44-52(70-38-26-22-18-14-2)46-60(62(54)58)72-40-28-24-20-16-4/h29-36,41-46H,13-28,37-40H2,1-12H3. The second-order valence-electron chi connectivity index (χ2n) is 23.5. The number of hydrogen-bond donors (Lipinski definition) is 0. The van der Waals surface area contributed by atoms with Crippen LogP contribution in [0, 0.1) is 0 Å². The van der Waals surface area contributed by atoms with E-state index in [0.29, 0.717) is 26.4 Å². The lowest BCUT2D eigenvalue weighted by Gasteiger charge is -2.32. The van der Waals surface area contributed by atoms with E-state index in [1.165, 1.54) is 122 Å². The minimum atomic E-state index is -0.456. The van der Waals surface area contributed by atoms with Crippen molar-refractivity contribution >= 4 is 29.6 Å². The summed E-state index contributed by atoms with van der Waals surface area (Å²) in [7, 11) is -0.456. The van der Waals surface area contributed by atoms with Gasteiger partial charge in [-0.3, -0.25) is 0 Å². The molecule has 0 bridgehead atoms. The zero-order chi connectivity index (χ0) is 52.7. The van der Waals surface area contributed by atoms with Crippen LogP contribution >= 0.6 is 0 Å². The van der Waals surface area contributed by atoms with Crippen LogP contribution in [0.2, 0.25) is 0 Å². The van der Waals surface area contributed by atoms with E-state index in [1.807, 2.05) is 0 Å². The first-order chi connectivity index (χ1) is 35.6. The van der Waals surface area contributed by atoms with E-state index in [2.05, 4.69) is 173 Å². The molecule has 0 N–H and O–H groups in total. The Bertz CT molecular complexity index is 2510. The van der Waals surface area contributed by atoms with Crippen LogP contribution < -0.4 is 29.3 Å². The van der Waals surface area contributed by atoms with Crippen molar-refractivity contribution in [2.45, 2.75) is 208 Å². The molecule has 7 nitrogen and oxygen atoms in total. The molecule has 74 heavy (non-hydrogen) atoms. The van der Waals surface area contributed by atoms with E-state index in [1.54, 1.807) is 0 Å². The molecule has 8 rings (SSSR count). The number of hydrogen-bond acceptors (Lipinski definition) is 7. The van der Waals surface area contributed by atoms with Crippen LogP contribution in [0.5, 0.6) is 23.0 Å². The molecule has 2 aliphatic carbocycles. The lowest BCUT2D eigenvalue weighted by atomic mass is 9.79. The lowest BCUT2D eigenvalue weighted by Crippen LogP contribution is -2.41. The second kappa shape index (κ2) is 24.0. The molecule has 0 unspecified atom stereocenters. The topological polar surface area (TPSA) is 58.6 Å². The molecule has 398 valence electrons. The van der Waals surface area contributed by atoms with Crippen molar-refractivity contribution in [3.63, 3.8) is 0 Å². The average molecular weight is 1000 g/mol. The van der Waals surface area contributed by atoms with Crippen molar-refractivity contribution in [3.05, 3.63) is 107 Å². The highest BCUT2D eigenvalue weighted by molar-refractivity contribution is 6.62. The number of ether oxygens (including phenoxy) is 4. The van der Waals surface area contributed by atoms with Crippen LogP contribution in [0.3, 0.4) is 0 Å². The molecule has 0 spiro atoms. The van der Waals surface area contributed by atoms with Gasteiger partial charge in [-0.1, -0.05) is 157 Å². The second-order valence-corrected chi connectivity index (χ2v) is 23.5. The first-order valence-corrected chi connectivity index (χ1v) is 29.0. The van der Waals surface area contributed by atoms with Crippen LogP contribution in [0.25, 0.3) is 22.3 Å². The van der Waals surface area contributed by atoms with Crippen LogP contribution in [0.4, 0.5) is 17.1 Å². The van der Waals surface area contributed by atoms with Crippen molar-refractivity contribution < 1.29 is 28.3 Å². The lowest BCUT2D eigenvalue weighted by molar-refractivity contribution is 0.00578. The van der Waals surface area contributed by atoms with Crippen molar-refractivity contribution in [2.24, 2.45) is 0 Å². The van der Waals surface area contributed by atoms with Gasteiger partial charge in [-0.05, 0) is 141 Å². The third-order valence-corrected chi connectivity index (χ3v) is 16.6. The van der Waals surface area contributed by atoms with E-state index in [4.69, 9.17) is 28.3 Å². The summed E-state index contributed by atoms with van der Waals surface area (Å²) in [5.41, 5.74) is 12.6. The SMILES string of the molecule is CCCCCCOc1cc(OCCCCCC)c2c(c1)C(C)(C)c1cc(N(c3ccc(B4OC(C)(C)C(C)(C)O4)cc3)c3ccc4c(c3)C(C)(C)c3cc(OCCCCCC)cc(OCCCCCC)c3-4)ccc1-2. The molecule has 0 amide bonds. The summed E-state index contributed by atoms with van der Waals surface area (Å²) in [5, 5.41) is 0. The fourth-order valence-electron chi connectivity index (χ4n) is 11.3. The van der Waals surface area contributed by atoms with Gasteiger partial charge in [0.15, 0.2) is 0 Å². The minimum Gasteiger partial charge on any atom is -0.493 e. The van der Waals surface area contributed by atoms with Gasteiger partial charge in [-0.15, -0.1) is 0 Å². The fourth-order valence-corrected chi connectivity index (χ4v) is 11.3. The van der Waals surface area contributed by atoms with E-state index >= 15 is 0 Å². The zero-order valence-electron chi connectivity index (χ0n) is 47.7. The van der Waals surface area contributed by atoms with Crippen molar-refractivity contribution in [1.82, 2.24) is 0 Å². The molecule has 0 aromatic heterocycles. The molecule has 5 aromatic carbocycles. The van der Waals surface area contributed by atoms with E-state index in [0.717, 1.165) is 71.2 Å². The Labute approximate surface area is 447 Å². The van der Waals surface area contributed by atoms with E-state index < -0.39 is 18.3 Å². The highest BCUT2D eigenvalue weighted by atomic mass is 16.7. The third-order valence-electron chi connectivity index (χ3n) is 16.6. The molecule has 1 saturated heterocycles. The van der Waals surface area contributed by atoms with Crippen LogP contribution in [-0.4, -0.2) is 44.7 Å². The smallest absolute Gasteiger partial charge is 0.493 e. The molecule has 1 heterocycles. The number of nitrogens with zero attached hydrogens (tertiary/aromatic N) is 1. The predicted octanol–water partition coefficient (Wildman–Crippen LogP) is 17.9. The summed E-state index contributed by atoms with van der Waals surface area (Å²) in [6, 6.07) is 31.8. The van der Waals surface area contributed by atoms with Gasteiger partial charge >= 0.3 is 7.12 Å². The summed E-state index contributed by atoms with van der Waals surface area (Å²) in [6.45, 7) is 29.7. The number of rotatable bonds is 28. The summed E-state index contributed by atoms with van der Waals surface area (Å²) in [4.78, 5) is 2.43. The highest BCUT2D eigenvalue weighted by Crippen LogP contribution is 2.57. The summed E-state index contributed by atoms with van der Waals surface area (Å²) < 4.78 is 39.7. The molecule has 3 aliphatic rings. The van der Waals surface area contributed by atoms with Gasteiger partial charge in [0.1, 0.15) is 23.0 Å². The number of benzene rings is 5. The van der Waals surface area contributed by atoms with E-state index in [9.17, 15) is 0 Å². The maximum Gasteiger partial charge on any atom is 0.494 e. The van der Waals surface area contributed by atoms with Gasteiger partial charge < -0.3 is 33.2 Å². The van der Waals surface area contributed by atoms with Crippen LogP contribution in [0.15, 0.2) is 84.9 Å². The number of fused-ring (bicyclic) bond motifs is 6. The molecule has 1 aliphatic heterocycles. The Morgan fingerprint density at radius 1 is 0.392 bits per heavy atom. The molecule has 0 radical (unpaired) electrons. The first kappa shape index (κ1) is 55.3. The first-order valence-electron chi connectivity index (χ1n) is 29.0.